The summed E-state index contributed by atoms with van der Waals surface area (Å²) in [6.45, 7) is 0.357. The van der Waals surface area contributed by atoms with Crippen molar-refractivity contribution in [3.8, 4) is 5.69 Å². The van der Waals surface area contributed by atoms with Gasteiger partial charge in [-0.3, -0.25) is 9.59 Å². The number of carboxylic acids is 1. The van der Waals surface area contributed by atoms with Crippen LogP contribution in [0.5, 0.6) is 0 Å². The van der Waals surface area contributed by atoms with Crippen molar-refractivity contribution in [1.29, 1.82) is 0 Å². The molecule has 0 atom stereocenters. The molecule has 7 heteroatoms. The zero-order chi connectivity index (χ0) is 20.4. The maximum atomic E-state index is 13.3. The zero-order valence-electron chi connectivity index (χ0n) is 16.4. The Morgan fingerprint density at radius 3 is 2.52 bits per heavy atom. The number of carbonyl (C=O) groups is 2. The quantitative estimate of drug-likeness (QED) is 0.777. The van der Waals surface area contributed by atoms with Crippen molar-refractivity contribution in [1.82, 2.24) is 15.1 Å². The number of carboxylic acid groups (broad SMARTS) is 1. The van der Waals surface area contributed by atoms with Crippen LogP contribution in [0.3, 0.4) is 0 Å². The van der Waals surface area contributed by atoms with Crippen LogP contribution in [0, 0.1) is 11.2 Å². The Morgan fingerprint density at radius 1 is 1.10 bits per heavy atom. The molecule has 0 aliphatic heterocycles. The Kier molecular flexibility index (Phi) is 5.39. The average molecular weight is 399 g/mol. The smallest absolute Gasteiger partial charge is 0.303 e. The molecule has 2 aliphatic rings. The van der Waals surface area contributed by atoms with Crippen LogP contribution < -0.4 is 5.32 Å². The number of amides is 1. The minimum absolute atomic E-state index is 0.0788. The number of nitrogens with zero attached hydrogens (tertiary/aromatic N) is 2. The molecular formula is C22H26FN3O3. The van der Waals surface area contributed by atoms with E-state index < -0.39 is 5.97 Å². The number of rotatable bonds is 6. The maximum Gasteiger partial charge on any atom is 0.303 e. The van der Waals surface area contributed by atoms with Gasteiger partial charge in [0.25, 0.3) is 5.91 Å². The summed E-state index contributed by atoms with van der Waals surface area (Å²) in [5, 5.41) is 16.9. The fourth-order valence-electron chi connectivity index (χ4n) is 4.81. The molecule has 1 aromatic carbocycles. The van der Waals surface area contributed by atoms with Gasteiger partial charge in [0.2, 0.25) is 0 Å². The fourth-order valence-corrected chi connectivity index (χ4v) is 4.81. The van der Waals surface area contributed by atoms with E-state index in [9.17, 15) is 19.1 Å². The van der Waals surface area contributed by atoms with Gasteiger partial charge in [-0.25, -0.2) is 9.07 Å². The summed E-state index contributed by atoms with van der Waals surface area (Å²) in [6, 6.07) is 6.09. The molecule has 1 saturated carbocycles. The third kappa shape index (κ3) is 4.04. The number of carbonyl (C=O) groups excluding carboxylic acids is 1. The molecule has 2 N–H and O–H groups in total. The lowest BCUT2D eigenvalue weighted by molar-refractivity contribution is -0.140. The van der Waals surface area contributed by atoms with E-state index in [2.05, 4.69) is 10.4 Å². The van der Waals surface area contributed by atoms with Gasteiger partial charge in [0.05, 0.1) is 12.1 Å². The van der Waals surface area contributed by atoms with Gasteiger partial charge in [-0.1, -0.05) is 19.3 Å². The minimum Gasteiger partial charge on any atom is -0.481 e. The number of hydrogen-bond acceptors (Lipinski definition) is 3. The number of fused-ring (bicyclic) bond motifs is 1. The molecule has 1 aromatic heterocycles. The van der Waals surface area contributed by atoms with Gasteiger partial charge in [0.1, 0.15) is 5.82 Å². The zero-order valence-corrected chi connectivity index (χ0v) is 16.4. The van der Waals surface area contributed by atoms with Crippen LogP contribution in [0.15, 0.2) is 24.3 Å². The van der Waals surface area contributed by atoms with Crippen LogP contribution in [0.1, 0.15) is 66.7 Å². The van der Waals surface area contributed by atoms with Gasteiger partial charge in [0.15, 0.2) is 5.69 Å². The minimum atomic E-state index is -0.817. The molecule has 29 heavy (non-hydrogen) atoms. The summed E-state index contributed by atoms with van der Waals surface area (Å²) < 4.78 is 15.0. The largest absolute Gasteiger partial charge is 0.481 e. The van der Waals surface area contributed by atoms with Crippen LogP contribution in [0.4, 0.5) is 4.39 Å². The molecule has 1 heterocycles. The first-order valence-electron chi connectivity index (χ1n) is 10.3. The molecule has 0 unspecified atom stereocenters. The summed E-state index contributed by atoms with van der Waals surface area (Å²) in [5.74, 6) is -1.38. The number of benzene rings is 1. The van der Waals surface area contributed by atoms with Crippen LogP contribution in [-0.2, 0) is 17.6 Å². The first-order valence-corrected chi connectivity index (χ1v) is 10.3. The molecule has 0 bridgehead atoms. The highest BCUT2D eigenvalue weighted by Crippen LogP contribution is 2.39. The second-order valence-corrected chi connectivity index (χ2v) is 8.33. The average Bonchev–Trinajstić information content (AvgIpc) is 3.30. The van der Waals surface area contributed by atoms with E-state index in [0.29, 0.717) is 12.2 Å². The molecule has 6 nitrogen and oxygen atoms in total. The summed E-state index contributed by atoms with van der Waals surface area (Å²) in [4.78, 5) is 24.3. The Morgan fingerprint density at radius 2 is 1.83 bits per heavy atom. The Balaban J connectivity index is 1.55. The van der Waals surface area contributed by atoms with Crippen LogP contribution in [-0.4, -0.2) is 33.3 Å². The second kappa shape index (κ2) is 7.97. The van der Waals surface area contributed by atoms with E-state index in [4.69, 9.17) is 0 Å². The number of halogens is 1. The van der Waals surface area contributed by atoms with E-state index in [1.807, 2.05) is 0 Å². The molecule has 1 fully saturated rings. The lowest BCUT2D eigenvalue weighted by atomic mass is 9.71. The highest BCUT2D eigenvalue weighted by molar-refractivity contribution is 5.94. The summed E-state index contributed by atoms with van der Waals surface area (Å²) in [6.07, 6.45) is 7.41. The van der Waals surface area contributed by atoms with Gasteiger partial charge in [-0.2, -0.15) is 5.10 Å². The van der Waals surface area contributed by atoms with E-state index in [1.54, 1.807) is 16.8 Å². The predicted molar refractivity (Wildman–Crippen MR) is 106 cm³/mol. The Bertz CT molecular complexity index is 914. The van der Waals surface area contributed by atoms with Crippen LogP contribution in [0.25, 0.3) is 5.69 Å². The third-order valence-corrected chi connectivity index (χ3v) is 6.28. The van der Waals surface area contributed by atoms with Crippen molar-refractivity contribution in [2.24, 2.45) is 5.41 Å². The third-order valence-electron chi connectivity index (χ3n) is 6.28. The SMILES string of the molecule is O=C(O)CC1(CNC(=O)c2nn(-c3ccc(F)cc3)c3c2CCC3)CCCCC1. The molecule has 0 spiro atoms. The van der Waals surface area contributed by atoms with Crippen LogP contribution >= 0.6 is 0 Å². The molecule has 0 radical (unpaired) electrons. The molecule has 1 amide bonds. The van der Waals surface area contributed by atoms with Crippen molar-refractivity contribution >= 4 is 11.9 Å². The topological polar surface area (TPSA) is 84.2 Å². The molecule has 154 valence electrons. The van der Waals surface area contributed by atoms with Gasteiger partial charge >= 0.3 is 5.97 Å². The maximum absolute atomic E-state index is 13.3. The lowest BCUT2D eigenvalue weighted by Gasteiger charge is -2.36. The highest BCUT2D eigenvalue weighted by Gasteiger charge is 2.35. The van der Waals surface area contributed by atoms with Gasteiger partial charge in [0, 0.05) is 17.8 Å². The van der Waals surface area contributed by atoms with E-state index in [0.717, 1.165) is 68.3 Å². The second-order valence-electron chi connectivity index (χ2n) is 8.33. The standard InChI is InChI=1S/C22H26FN3O3/c23-15-7-9-16(10-8-15)26-18-6-4-5-17(18)20(25-26)21(29)24-14-22(13-19(27)28)11-2-1-3-12-22/h7-10H,1-6,11-14H2,(H,24,29)(H,27,28). The van der Waals surface area contributed by atoms with Crippen molar-refractivity contribution in [3.63, 3.8) is 0 Å². The van der Waals surface area contributed by atoms with Crippen molar-refractivity contribution < 1.29 is 19.1 Å². The summed E-state index contributed by atoms with van der Waals surface area (Å²) in [7, 11) is 0. The van der Waals surface area contributed by atoms with Crippen molar-refractivity contribution in [3.05, 3.63) is 47.0 Å². The molecule has 4 rings (SSSR count). The highest BCUT2D eigenvalue weighted by atomic mass is 19.1. The number of aliphatic carboxylic acids is 1. The van der Waals surface area contributed by atoms with Crippen molar-refractivity contribution in [2.45, 2.75) is 57.8 Å². The van der Waals surface area contributed by atoms with E-state index >= 15 is 0 Å². The Labute approximate surface area is 169 Å². The Hall–Kier alpha value is -2.70. The summed E-state index contributed by atoms with van der Waals surface area (Å²) >= 11 is 0. The lowest BCUT2D eigenvalue weighted by Crippen LogP contribution is -2.40. The number of aromatic nitrogens is 2. The molecule has 2 aliphatic carbocycles. The monoisotopic (exact) mass is 399 g/mol. The number of hydrogen-bond donors (Lipinski definition) is 2. The van der Waals surface area contributed by atoms with Gasteiger partial charge in [-0.15, -0.1) is 0 Å². The number of nitrogens with one attached hydrogen (secondary N) is 1. The summed E-state index contributed by atoms with van der Waals surface area (Å²) in [5.41, 5.74) is 2.71. The van der Waals surface area contributed by atoms with E-state index in [-0.39, 0.29) is 23.6 Å². The normalized spacial score (nSPS) is 17.7. The van der Waals surface area contributed by atoms with Crippen LogP contribution in [0.2, 0.25) is 0 Å². The van der Waals surface area contributed by atoms with Gasteiger partial charge in [-0.05, 0) is 61.8 Å². The molecular weight excluding hydrogens is 373 g/mol. The first-order chi connectivity index (χ1) is 14.0. The first kappa shape index (κ1) is 19.6. The van der Waals surface area contributed by atoms with E-state index in [1.165, 1.54) is 12.1 Å². The predicted octanol–water partition coefficient (Wildman–Crippen LogP) is 3.66. The molecule has 2 aromatic rings. The fraction of sp³-hybridized carbons (Fsp3) is 0.500. The molecule has 0 saturated heterocycles. The van der Waals surface area contributed by atoms with Crippen molar-refractivity contribution in [2.75, 3.05) is 6.54 Å². The van der Waals surface area contributed by atoms with Gasteiger partial charge < -0.3 is 10.4 Å².